The second kappa shape index (κ2) is 5.77. The molecule has 1 atom stereocenters. The molecule has 1 aliphatic heterocycles. The number of hydrogen-bond donors (Lipinski definition) is 0. The number of halogens is 4. The van der Waals surface area contributed by atoms with Crippen molar-refractivity contribution in [2.45, 2.75) is 19.0 Å². The van der Waals surface area contributed by atoms with Gasteiger partial charge in [0.2, 0.25) is 0 Å². The Hall–Kier alpha value is -2.08. The van der Waals surface area contributed by atoms with E-state index >= 15 is 0 Å². The largest absolute Gasteiger partial charge is 0.471 e. The van der Waals surface area contributed by atoms with E-state index in [9.17, 15) is 22.8 Å². The van der Waals surface area contributed by atoms with Gasteiger partial charge >= 0.3 is 12.1 Å². The molecule has 2 aromatic rings. The van der Waals surface area contributed by atoms with Crippen LogP contribution in [0, 0.1) is 0 Å². The second-order valence-corrected chi connectivity index (χ2v) is 6.06. The van der Waals surface area contributed by atoms with Crippen molar-refractivity contribution in [1.82, 2.24) is 0 Å². The van der Waals surface area contributed by atoms with Crippen molar-refractivity contribution in [2.24, 2.45) is 0 Å². The molecule has 24 heavy (non-hydrogen) atoms. The van der Waals surface area contributed by atoms with Crippen LogP contribution in [0.3, 0.4) is 0 Å². The highest BCUT2D eigenvalue weighted by molar-refractivity contribution is 6.19. The minimum Gasteiger partial charge on any atom is -0.304 e. The summed E-state index contributed by atoms with van der Waals surface area (Å²) < 4.78 is 38.5. The first kappa shape index (κ1) is 16.8. The van der Waals surface area contributed by atoms with E-state index in [1.165, 1.54) is 13.0 Å². The number of hydrogen-bond acceptors (Lipinski definition) is 2. The average molecular weight is 356 g/mol. The third kappa shape index (κ3) is 2.65. The lowest BCUT2D eigenvalue weighted by molar-refractivity contribution is -0.170. The Labute approximate surface area is 141 Å². The molecule has 0 radical (unpaired) electrons. The summed E-state index contributed by atoms with van der Waals surface area (Å²) in [6, 6.07) is 8.12. The number of alkyl halides is 4. The maximum absolute atomic E-state index is 12.8. The molecule has 0 N–H and O–H groups in total. The summed E-state index contributed by atoms with van der Waals surface area (Å²) >= 11 is 5.93. The van der Waals surface area contributed by atoms with Crippen molar-refractivity contribution in [3.63, 3.8) is 0 Å². The van der Waals surface area contributed by atoms with E-state index in [4.69, 9.17) is 11.6 Å². The Balaban J connectivity index is 2.18. The van der Waals surface area contributed by atoms with E-state index in [1.54, 1.807) is 24.3 Å². The third-order valence-electron chi connectivity index (χ3n) is 4.22. The molecule has 0 fully saturated rings. The molecule has 0 saturated heterocycles. The van der Waals surface area contributed by atoms with E-state index in [2.05, 4.69) is 0 Å². The fraction of sp³-hybridized carbons (Fsp3) is 0.294. The van der Waals surface area contributed by atoms with Gasteiger partial charge in [0.25, 0.3) is 0 Å². The first-order valence-corrected chi connectivity index (χ1v) is 7.79. The zero-order valence-electron chi connectivity index (χ0n) is 12.7. The molecule has 0 saturated carbocycles. The number of Topliss-reactive ketones (excluding diaryl/α,β-unsaturated/α-hetero) is 1. The van der Waals surface area contributed by atoms with Crippen LogP contribution < -0.4 is 4.90 Å². The summed E-state index contributed by atoms with van der Waals surface area (Å²) in [5, 5.41) is 1.44. The molecule has 2 aromatic carbocycles. The molecule has 1 aliphatic rings. The molecule has 1 unspecified atom stereocenters. The van der Waals surface area contributed by atoms with E-state index in [-0.39, 0.29) is 29.8 Å². The van der Waals surface area contributed by atoms with Crippen LogP contribution in [-0.4, -0.2) is 30.3 Å². The predicted octanol–water partition coefficient (Wildman–Crippen LogP) is 4.27. The van der Waals surface area contributed by atoms with Crippen molar-refractivity contribution >= 4 is 39.8 Å². The summed E-state index contributed by atoms with van der Waals surface area (Å²) in [6.45, 7) is 1.34. The van der Waals surface area contributed by atoms with Crippen LogP contribution in [0.1, 0.15) is 28.8 Å². The highest BCUT2D eigenvalue weighted by Gasteiger charge is 2.46. The Morgan fingerprint density at radius 2 is 1.96 bits per heavy atom. The molecule has 0 aliphatic carbocycles. The minimum atomic E-state index is -4.94. The van der Waals surface area contributed by atoms with E-state index < -0.39 is 12.1 Å². The molecule has 0 spiro atoms. The molecule has 1 heterocycles. The molecule has 7 heteroatoms. The fourth-order valence-corrected chi connectivity index (χ4v) is 3.36. The van der Waals surface area contributed by atoms with Gasteiger partial charge in [-0.25, -0.2) is 0 Å². The van der Waals surface area contributed by atoms with Gasteiger partial charge in [0.15, 0.2) is 5.78 Å². The SMILES string of the molecule is CC(=O)c1ccc2c3c(ccc2c1)N(C(=O)C(F)(F)F)CC3CCl. The van der Waals surface area contributed by atoms with Crippen molar-refractivity contribution in [3.8, 4) is 0 Å². The van der Waals surface area contributed by atoms with Crippen LogP contribution >= 0.6 is 11.6 Å². The van der Waals surface area contributed by atoms with E-state index in [1.807, 2.05) is 0 Å². The zero-order chi connectivity index (χ0) is 17.6. The van der Waals surface area contributed by atoms with Gasteiger partial charge in [-0.1, -0.05) is 18.2 Å². The molecular formula is C17H13ClF3NO2. The number of nitrogens with zero attached hydrogens (tertiary/aromatic N) is 1. The van der Waals surface area contributed by atoms with Crippen molar-refractivity contribution in [3.05, 3.63) is 41.5 Å². The first-order chi connectivity index (χ1) is 11.2. The van der Waals surface area contributed by atoms with Gasteiger partial charge in [-0.3, -0.25) is 9.59 Å². The fourth-order valence-electron chi connectivity index (χ4n) is 3.11. The Morgan fingerprint density at radius 3 is 2.54 bits per heavy atom. The standard InChI is InChI=1S/C17H13ClF3NO2/c1-9(23)10-2-4-13-11(6-10)3-5-14-15(13)12(7-18)8-22(14)16(24)17(19,20)21/h2-6,12H,7-8H2,1H3. The number of carbonyl (C=O) groups is 2. The Bertz CT molecular complexity index is 848. The molecule has 0 bridgehead atoms. The lowest BCUT2D eigenvalue weighted by atomic mass is 9.94. The Kier molecular flexibility index (Phi) is 4.03. The third-order valence-corrected chi connectivity index (χ3v) is 4.59. The summed E-state index contributed by atoms with van der Waals surface area (Å²) in [5.74, 6) is -2.28. The Morgan fingerprint density at radius 1 is 1.25 bits per heavy atom. The minimum absolute atomic E-state index is 0.0971. The van der Waals surface area contributed by atoms with Crippen LogP contribution in [-0.2, 0) is 4.79 Å². The second-order valence-electron chi connectivity index (χ2n) is 5.76. The molecule has 3 nitrogen and oxygen atoms in total. The summed E-state index contributed by atoms with van der Waals surface area (Å²) in [4.78, 5) is 23.9. The predicted molar refractivity (Wildman–Crippen MR) is 85.8 cm³/mol. The number of anilines is 1. The number of rotatable bonds is 2. The monoisotopic (exact) mass is 355 g/mol. The summed E-state index contributed by atoms with van der Waals surface area (Å²) in [7, 11) is 0. The quantitative estimate of drug-likeness (QED) is 0.596. The number of amides is 1. The lowest BCUT2D eigenvalue weighted by Gasteiger charge is -2.19. The maximum atomic E-state index is 12.8. The van der Waals surface area contributed by atoms with Crippen LogP contribution in [0.2, 0.25) is 0 Å². The van der Waals surface area contributed by atoms with Crippen molar-refractivity contribution in [1.29, 1.82) is 0 Å². The van der Waals surface area contributed by atoms with Crippen LogP contribution in [0.5, 0.6) is 0 Å². The zero-order valence-corrected chi connectivity index (χ0v) is 13.4. The number of benzene rings is 2. The average Bonchev–Trinajstić information content (AvgIpc) is 2.91. The van der Waals surface area contributed by atoms with Crippen molar-refractivity contribution in [2.75, 3.05) is 17.3 Å². The summed E-state index contributed by atoms with van der Waals surface area (Å²) in [6.07, 6.45) is -4.94. The molecule has 0 aromatic heterocycles. The topological polar surface area (TPSA) is 37.4 Å². The van der Waals surface area contributed by atoms with E-state index in [0.29, 0.717) is 16.5 Å². The normalized spacial score (nSPS) is 17.2. The van der Waals surface area contributed by atoms with Gasteiger partial charge in [0, 0.05) is 29.6 Å². The number of ketones is 1. The van der Waals surface area contributed by atoms with E-state index in [0.717, 1.165) is 10.3 Å². The van der Waals surface area contributed by atoms with Gasteiger partial charge in [-0.05, 0) is 35.4 Å². The van der Waals surface area contributed by atoms with Gasteiger partial charge in [-0.2, -0.15) is 13.2 Å². The smallest absolute Gasteiger partial charge is 0.304 e. The molecule has 3 rings (SSSR count). The summed E-state index contributed by atoms with van der Waals surface area (Å²) in [5.41, 5.74) is 1.37. The first-order valence-electron chi connectivity index (χ1n) is 7.26. The highest BCUT2D eigenvalue weighted by Crippen LogP contribution is 2.43. The van der Waals surface area contributed by atoms with Crippen molar-refractivity contribution < 1.29 is 22.8 Å². The lowest BCUT2D eigenvalue weighted by Crippen LogP contribution is -2.40. The van der Waals surface area contributed by atoms with Gasteiger partial charge < -0.3 is 4.90 Å². The maximum Gasteiger partial charge on any atom is 0.471 e. The van der Waals surface area contributed by atoms with Gasteiger partial charge in [0.1, 0.15) is 0 Å². The molecule has 126 valence electrons. The van der Waals surface area contributed by atoms with Crippen LogP contribution in [0.25, 0.3) is 10.8 Å². The van der Waals surface area contributed by atoms with Crippen LogP contribution in [0.4, 0.5) is 18.9 Å². The number of fused-ring (bicyclic) bond motifs is 3. The molecular weight excluding hydrogens is 343 g/mol. The van der Waals surface area contributed by atoms with Gasteiger partial charge in [0.05, 0.1) is 0 Å². The van der Waals surface area contributed by atoms with Crippen LogP contribution in [0.15, 0.2) is 30.3 Å². The highest BCUT2D eigenvalue weighted by atomic mass is 35.5. The molecule has 1 amide bonds. The van der Waals surface area contributed by atoms with Gasteiger partial charge in [-0.15, -0.1) is 11.6 Å². The number of carbonyl (C=O) groups excluding carboxylic acids is 2.